The summed E-state index contributed by atoms with van der Waals surface area (Å²) < 4.78 is 30.9. The van der Waals surface area contributed by atoms with Gasteiger partial charge in [0.05, 0.1) is 25.2 Å². The highest BCUT2D eigenvalue weighted by Gasteiger charge is 2.20. The largest absolute Gasteiger partial charge is 0.381 e. The third-order valence-corrected chi connectivity index (χ3v) is 6.36. The lowest BCUT2D eigenvalue weighted by molar-refractivity contribution is -0.128. The van der Waals surface area contributed by atoms with Crippen molar-refractivity contribution in [2.24, 2.45) is 0 Å². The van der Waals surface area contributed by atoms with Crippen molar-refractivity contribution >= 4 is 22.8 Å². The Balaban J connectivity index is 1.30. The Bertz CT molecular complexity index is 1640. The van der Waals surface area contributed by atoms with E-state index in [9.17, 15) is 23.2 Å². The zero-order chi connectivity index (χ0) is 26.8. The molecule has 194 valence electrons. The Morgan fingerprint density at radius 1 is 1.11 bits per heavy atom. The second kappa shape index (κ2) is 10.3. The van der Waals surface area contributed by atoms with Crippen LogP contribution in [0.2, 0.25) is 0 Å². The van der Waals surface area contributed by atoms with E-state index in [0.717, 1.165) is 26.7 Å². The Labute approximate surface area is 215 Å². The number of pyridine rings is 2. The van der Waals surface area contributed by atoms with Crippen molar-refractivity contribution in [3.8, 4) is 0 Å². The molecule has 0 fully saturated rings. The van der Waals surface area contributed by atoms with Crippen LogP contribution in [0.5, 0.6) is 0 Å². The minimum Gasteiger partial charge on any atom is -0.381 e. The second-order valence-electron chi connectivity index (χ2n) is 9.01. The van der Waals surface area contributed by atoms with Crippen LogP contribution < -0.4 is 16.2 Å². The number of hydrogen-bond donors (Lipinski definition) is 3. The summed E-state index contributed by atoms with van der Waals surface area (Å²) in [5, 5.41) is 6.50. The van der Waals surface area contributed by atoms with Gasteiger partial charge in [0.1, 0.15) is 5.65 Å². The summed E-state index contributed by atoms with van der Waals surface area (Å²) in [6.45, 7) is 1.85. The molecule has 3 aromatic heterocycles. The van der Waals surface area contributed by atoms with E-state index in [-0.39, 0.29) is 48.8 Å². The van der Waals surface area contributed by atoms with E-state index in [0.29, 0.717) is 0 Å². The molecule has 0 unspecified atom stereocenters. The van der Waals surface area contributed by atoms with Crippen molar-refractivity contribution in [1.82, 2.24) is 30.1 Å². The number of aromatic amines is 1. The summed E-state index contributed by atoms with van der Waals surface area (Å²) in [4.78, 5) is 45.8. The van der Waals surface area contributed by atoms with Gasteiger partial charge in [-0.25, -0.2) is 13.8 Å². The van der Waals surface area contributed by atoms with E-state index >= 15 is 0 Å². The lowest BCUT2D eigenvalue weighted by Gasteiger charge is -2.22. The highest BCUT2D eigenvalue weighted by Crippen LogP contribution is 2.20. The summed E-state index contributed by atoms with van der Waals surface area (Å²) in [6, 6.07) is 7.27. The third-order valence-electron chi connectivity index (χ3n) is 6.36. The number of carbonyl (C=O) groups is 2. The molecule has 3 N–H and O–H groups in total. The Kier molecular flexibility index (Phi) is 6.73. The molecular weight excluding hydrogens is 494 g/mol. The van der Waals surface area contributed by atoms with E-state index < -0.39 is 23.1 Å². The first-order valence-corrected chi connectivity index (χ1v) is 11.9. The molecule has 4 heterocycles. The summed E-state index contributed by atoms with van der Waals surface area (Å²) in [5.41, 5.74) is 2.27. The molecule has 1 aliphatic heterocycles. The molecule has 11 heteroatoms. The molecule has 38 heavy (non-hydrogen) atoms. The fourth-order valence-corrected chi connectivity index (χ4v) is 4.20. The molecule has 0 bridgehead atoms. The van der Waals surface area contributed by atoms with E-state index in [4.69, 9.17) is 0 Å². The normalized spacial score (nSPS) is 13.1. The SMILES string of the molecule is Cc1c[nH]c2ncc(CNC(=O)c3ccc(=O)n(Cc4ccc(CN5C=CNCC5=O)c(F)c4F)c3)cc12. The average Bonchev–Trinajstić information content (AvgIpc) is 3.29. The Morgan fingerprint density at radius 2 is 1.87 bits per heavy atom. The molecule has 1 aromatic carbocycles. The van der Waals surface area contributed by atoms with Crippen LogP contribution in [0.15, 0.2) is 66.1 Å². The zero-order valence-electron chi connectivity index (χ0n) is 20.4. The number of H-pyrrole nitrogens is 1. The van der Waals surface area contributed by atoms with Crippen molar-refractivity contribution < 1.29 is 18.4 Å². The quantitative estimate of drug-likeness (QED) is 0.348. The van der Waals surface area contributed by atoms with Crippen LogP contribution in [-0.4, -0.2) is 37.8 Å². The molecule has 0 atom stereocenters. The summed E-state index contributed by atoms with van der Waals surface area (Å²) in [5.74, 6) is -2.90. The maximum Gasteiger partial charge on any atom is 0.253 e. The number of rotatable bonds is 7. The predicted molar refractivity (Wildman–Crippen MR) is 136 cm³/mol. The molecule has 4 aromatic rings. The smallest absolute Gasteiger partial charge is 0.253 e. The first-order valence-electron chi connectivity index (χ1n) is 11.9. The number of benzene rings is 1. The van der Waals surface area contributed by atoms with Crippen LogP contribution in [0.4, 0.5) is 8.78 Å². The monoisotopic (exact) mass is 518 g/mol. The van der Waals surface area contributed by atoms with Crippen LogP contribution in [0.25, 0.3) is 11.0 Å². The van der Waals surface area contributed by atoms with Gasteiger partial charge in [-0.1, -0.05) is 12.1 Å². The molecule has 2 amide bonds. The molecule has 0 saturated heterocycles. The number of aryl methyl sites for hydroxylation is 1. The molecule has 0 radical (unpaired) electrons. The number of nitrogens with one attached hydrogen (secondary N) is 3. The highest BCUT2D eigenvalue weighted by atomic mass is 19.2. The van der Waals surface area contributed by atoms with Crippen LogP contribution in [0.1, 0.15) is 32.6 Å². The molecule has 1 aliphatic rings. The minimum atomic E-state index is -1.11. The van der Waals surface area contributed by atoms with Crippen LogP contribution in [0.3, 0.4) is 0 Å². The number of hydrogen-bond acceptors (Lipinski definition) is 5. The average molecular weight is 519 g/mol. The summed E-state index contributed by atoms with van der Waals surface area (Å²) in [6.07, 6.45) is 7.84. The van der Waals surface area contributed by atoms with E-state index in [1.54, 1.807) is 12.4 Å². The standard InChI is InChI=1S/C27H24F2N6O3/c1-16-9-31-26-21(16)8-17(10-32-26)11-33-27(38)20-4-5-22(36)35(15-20)14-19-3-2-18(24(28)25(19)29)13-34-7-6-30-12-23(34)37/h2-10,15,30H,11-14H2,1H3,(H,31,32)(H,33,38). The summed E-state index contributed by atoms with van der Waals surface area (Å²) in [7, 11) is 0. The van der Waals surface area contributed by atoms with Gasteiger partial charge in [-0.2, -0.15) is 0 Å². The Morgan fingerprint density at radius 3 is 2.63 bits per heavy atom. The van der Waals surface area contributed by atoms with E-state index in [1.165, 1.54) is 41.6 Å². The lowest BCUT2D eigenvalue weighted by atomic mass is 10.1. The lowest BCUT2D eigenvalue weighted by Crippen LogP contribution is -2.37. The van der Waals surface area contributed by atoms with Gasteiger partial charge < -0.3 is 25.1 Å². The molecular formula is C27H24F2N6O3. The number of fused-ring (bicyclic) bond motifs is 1. The molecule has 5 rings (SSSR count). The highest BCUT2D eigenvalue weighted by molar-refractivity contribution is 5.93. The van der Waals surface area contributed by atoms with Crippen molar-refractivity contribution in [1.29, 1.82) is 0 Å². The number of amides is 2. The molecule has 0 spiro atoms. The number of aromatic nitrogens is 3. The maximum atomic E-state index is 14.9. The van der Waals surface area contributed by atoms with Crippen LogP contribution in [0, 0.1) is 18.6 Å². The van der Waals surface area contributed by atoms with Gasteiger partial charge in [-0.3, -0.25) is 14.4 Å². The Hall–Kier alpha value is -4.80. The maximum absolute atomic E-state index is 14.9. The topological polar surface area (TPSA) is 112 Å². The van der Waals surface area contributed by atoms with E-state index in [1.807, 2.05) is 19.2 Å². The van der Waals surface area contributed by atoms with E-state index in [2.05, 4.69) is 20.6 Å². The minimum absolute atomic E-state index is 0.00846. The van der Waals surface area contributed by atoms with Gasteiger partial charge in [-0.15, -0.1) is 0 Å². The zero-order valence-corrected chi connectivity index (χ0v) is 20.4. The molecule has 0 aliphatic carbocycles. The first kappa shape index (κ1) is 24.9. The van der Waals surface area contributed by atoms with Gasteiger partial charge in [-0.05, 0) is 30.2 Å². The van der Waals surface area contributed by atoms with Gasteiger partial charge in [0.25, 0.3) is 11.5 Å². The second-order valence-corrected chi connectivity index (χ2v) is 9.01. The van der Waals surface area contributed by atoms with Gasteiger partial charge >= 0.3 is 0 Å². The van der Waals surface area contributed by atoms with Crippen LogP contribution in [-0.2, 0) is 24.4 Å². The fourth-order valence-electron chi connectivity index (χ4n) is 4.20. The van der Waals surface area contributed by atoms with Crippen molar-refractivity contribution in [3.63, 3.8) is 0 Å². The number of halogens is 2. The summed E-state index contributed by atoms with van der Waals surface area (Å²) >= 11 is 0. The van der Waals surface area contributed by atoms with Crippen molar-refractivity contribution in [2.75, 3.05) is 6.54 Å². The molecule has 0 saturated carbocycles. The fraction of sp³-hybridized carbons (Fsp3) is 0.185. The van der Waals surface area contributed by atoms with Gasteiger partial charge in [0.2, 0.25) is 5.91 Å². The number of carbonyl (C=O) groups excluding carboxylic acids is 2. The van der Waals surface area contributed by atoms with Crippen molar-refractivity contribution in [2.45, 2.75) is 26.6 Å². The predicted octanol–water partition coefficient (Wildman–Crippen LogP) is 2.69. The van der Waals surface area contributed by atoms with Gasteiger partial charge in [0.15, 0.2) is 11.6 Å². The third kappa shape index (κ3) is 5.03. The molecule has 9 nitrogen and oxygen atoms in total. The first-order chi connectivity index (χ1) is 18.3. The van der Waals surface area contributed by atoms with Crippen LogP contribution >= 0.6 is 0 Å². The van der Waals surface area contributed by atoms with Gasteiger partial charge in [0, 0.05) is 60.1 Å². The van der Waals surface area contributed by atoms with Crippen molar-refractivity contribution in [3.05, 3.63) is 111 Å². The number of nitrogens with zero attached hydrogens (tertiary/aromatic N) is 3.